The lowest BCUT2D eigenvalue weighted by atomic mass is 10.1. The number of anilines is 2. The van der Waals surface area contributed by atoms with E-state index in [1.807, 2.05) is 0 Å². The molecule has 0 bridgehead atoms. The standard InChI is InChI=1S/C22H19F2N5O2/c23-14-9-15(24)11-17(10-14)29-8-7-18(22(29)31)21(30)25-16-5-3-13(4-6-16)20-26-19(27-28-20)12-1-2-12/h3-6,9-12,18H,1-2,7-8H2,(H,25,30)(H,26,27,28). The number of H-pyrrole nitrogens is 1. The zero-order chi connectivity index (χ0) is 21.5. The molecule has 1 saturated heterocycles. The van der Waals surface area contributed by atoms with Crippen molar-refractivity contribution in [2.45, 2.75) is 25.2 Å². The Kier molecular flexibility index (Phi) is 4.72. The maximum Gasteiger partial charge on any atom is 0.239 e. The molecule has 1 saturated carbocycles. The van der Waals surface area contributed by atoms with E-state index in [0.717, 1.165) is 42.4 Å². The highest BCUT2D eigenvalue weighted by Gasteiger charge is 2.38. The normalized spacial score (nSPS) is 18.5. The van der Waals surface area contributed by atoms with Gasteiger partial charge in [-0.2, -0.15) is 5.10 Å². The van der Waals surface area contributed by atoms with Crippen molar-refractivity contribution in [2.75, 3.05) is 16.8 Å². The van der Waals surface area contributed by atoms with Gasteiger partial charge in [-0.25, -0.2) is 13.8 Å². The van der Waals surface area contributed by atoms with Gasteiger partial charge in [0.2, 0.25) is 11.8 Å². The number of amides is 2. The van der Waals surface area contributed by atoms with Crippen molar-refractivity contribution in [3.63, 3.8) is 0 Å². The molecule has 31 heavy (non-hydrogen) atoms. The molecule has 7 nitrogen and oxygen atoms in total. The van der Waals surface area contributed by atoms with Crippen LogP contribution < -0.4 is 10.2 Å². The van der Waals surface area contributed by atoms with E-state index in [2.05, 4.69) is 20.5 Å². The Hall–Kier alpha value is -3.62. The van der Waals surface area contributed by atoms with Gasteiger partial charge in [0.05, 0.1) is 0 Å². The van der Waals surface area contributed by atoms with Crippen LogP contribution in [-0.2, 0) is 9.59 Å². The lowest BCUT2D eigenvalue weighted by Gasteiger charge is -2.17. The third kappa shape index (κ3) is 3.90. The van der Waals surface area contributed by atoms with Gasteiger partial charge in [-0.3, -0.25) is 14.7 Å². The summed E-state index contributed by atoms with van der Waals surface area (Å²) in [6, 6.07) is 9.94. The van der Waals surface area contributed by atoms with E-state index in [1.54, 1.807) is 24.3 Å². The van der Waals surface area contributed by atoms with Crippen molar-refractivity contribution in [1.82, 2.24) is 15.2 Å². The molecule has 2 fully saturated rings. The predicted octanol–water partition coefficient (Wildman–Crippen LogP) is 3.62. The Labute approximate surface area is 176 Å². The SMILES string of the molecule is O=C(Nc1ccc(-c2n[nH]c(C3CC3)n2)cc1)C1CCN(c2cc(F)cc(F)c2)C1=O. The van der Waals surface area contributed by atoms with Crippen LogP contribution in [-0.4, -0.2) is 33.5 Å². The number of nitrogens with zero attached hydrogens (tertiary/aromatic N) is 3. The van der Waals surface area contributed by atoms with Crippen LogP contribution in [0.4, 0.5) is 20.2 Å². The van der Waals surface area contributed by atoms with Gasteiger partial charge < -0.3 is 10.2 Å². The number of hydrogen-bond donors (Lipinski definition) is 2. The topological polar surface area (TPSA) is 91.0 Å². The van der Waals surface area contributed by atoms with E-state index in [0.29, 0.717) is 17.4 Å². The molecule has 1 aliphatic heterocycles. The highest BCUT2D eigenvalue weighted by Crippen LogP contribution is 2.38. The van der Waals surface area contributed by atoms with Gasteiger partial charge >= 0.3 is 0 Å². The first-order valence-corrected chi connectivity index (χ1v) is 10.1. The molecule has 5 rings (SSSR count). The number of benzene rings is 2. The summed E-state index contributed by atoms with van der Waals surface area (Å²) in [5.74, 6) is -1.41. The number of halogens is 2. The highest BCUT2D eigenvalue weighted by atomic mass is 19.1. The Balaban J connectivity index is 1.25. The van der Waals surface area contributed by atoms with Crippen molar-refractivity contribution < 1.29 is 18.4 Å². The fourth-order valence-corrected chi connectivity index (χ4v) is 3.75. The summed E-state index contributed by atoms with van der Waals surface area (Å²) in [6.45, 7) is 0.215. The number of carbonyl (C=O) groups excluding carboxylic acids is 2. The molecule has 2 N–H and O–H groups in total. The van der Waals surface area contributed by atoms with E-state index in [-0.39, 0.29) is 18.7 Å². The van der Waals surface area contributed by atoms with Crippen LogP contribution in [0.3, 0.4) is 0 Å². The van der Waals surface area contributed by atoms with Crippen molar-refractivity contribution in [3.8, 4) is 11.4 Å². The summed E-state index contributed by atoms with van der Waals surface area (Å²) in [6.07, 6.45) is 2.53. The molecule has 1 unspecified atom stereocenters. The van der Waals surface area contributed by atoms with Crippen molar-refractivity contribution in [2.24, 2.45) is 5.92 Å². The maximum atomic E-state index is 13.5. The van der Waals surface area contributed by atoms with E-state index in [1.165, 1.54) is 4.90 Å². The molecule has 1 aliphatic carbocycles. The third-order valence-corrected chi connectivity index (χ3v) is 5.56. The van der Waals surface area contributed by atoms with Gasteiger partial charge in [-0.15, -0.1) is 0 Å². The maximum absolute atomic E-state index is 13.5. The lowest BCUT2D eigenvalue weighted by molar-refractivity contribution is -0.129. The molecule has 2 aromatic carbocycles. The van der Waals surface area contributed by atoms with E-state index < -0.39 is 29.4 Å². The smallest absolute Gasteiger partial charge is 0.239 e. The van der Waals surface area contributed by atoms with Crippen LogP contribution in [0.15, 0.2) is 42.5 Å². The number of hydrogen-bond acceptors (Lipinski definition) is 4. The van der Waals surface area contributed by atoms with Crippen LogP contribution >= 0.6 is 0 Å². The van der Waals surface area contributed by atoms with Crippen LogP contribution in [0.1, 0.15) is 31.0 Å². The first kappa shape index (κ1) is 19.3. The predicted molar refractivity (Wildman–Crippen MR) is 109 cm³/mol. The summed E-state index contributed by atoms with van der Waals surface area (Å²) in [4.78, 5) is 31.0. The molecular weight excluding hydrogens is 404 g/mol. The molecular formula is C22H19F2N5O2. The zero-order valence-corrected chi connectivity index (χ0v) is 16.4. The average molecular weight is 423 g/mol. The second kappa shape index (κ2) is 7.57. The molecule has 158 valence electrons. The van der Waals surface area contributed by atoms with Gasteiger partial charge in [-0.1, -0.05) is 0 Å². The van der Waals surface area contributed by atoms with Gasteiger partial charge in [0, 0.05) is 35.5 Å². The fraction of sp³-hybridized carbons (Fsp3) is 0.273. The fourth-order valence-electron chi connectivity index (χ4n) is 3.75. The molecule has 2 aliphatic rings. The van der Waals surface area contributed by atoms with E-state index in [4.69, 9.17) is 0 Å². The molecule has 3 aromatic rings. The van der Waals surface area contributed by atoms with Gasteiger partial charge in [0.1, 0.15) is 23.4 Å². The number of rotatable bonds is 5. The number of carbonyl (C=O) groups is 2. The molecule has 2 amide bonds. The summed E-state index contributed by atoms with van der Waals surface area (Å²) < 4.78 is 27.0. The molecule has 1 atom stereocenters. The van der Waals surface area contributed by atoms with Gasteiger partial charge in [-0.05, 0) is 55.7 Å². The quantitative estimate of drug-likeness (QED) is 0.614. The van der Waals surface area contributed by atoms with Crippen molar-refractivity contribution in [1.29, 1.82) is 0 Å². The first-order valence-electron chi connectivity index (χ1n) is 10.1. The minimum atomic E-state index is -0.917. The van der Waals surface area contributed by atoms with Crippen LogP contribution in [0.2, 0.25) is 0 Å². The van der Waals surface area contributed by atoms with Crippen LogP contribution in [0.25, 0.3) is 11.4 Å². The van der Waals surface area contributed by atoms with Crippen molar-refractivity contribution >= 4 is 23.2 Å². The summed E-state index contributed by atoms with van der Waals surface area (Å²) >= 11 is 0. The second-order valence-corrected chi connectivity index (χ2v) is 7.84. The van der Waals surface area contributed by atoms with Crippen LogP contribution in [0.5, 0.6) is 0 Å². The molecule has 1 aromatic heterocycles. The first-order chi connectivity index (χ1) is 15.0. The Morgan fingerprint density at radius 1 is 1.06 bits per heavy atom. The monoisotopic (exact) mass is 423 g/mol. The lowest BCUT2D eigenvalue weighted by Crippen LogP contribution is -2.33. The second-order valence-electron chi connectivity index (χ2n) is 7.84. The van der Waals surface area contributed by atoms with E-state index >= 15 is 0 Å². The molecule has 9 heteroatoms. The Morgan fingerprint density at radius 2 is 1.77 bits per heavy atom. The summed E-state index contributed by atoms with van der Waals surface area (Å²) in [5, 5.41) is 9.93. The average Bonchev–Trinajstić information content (AvgIpc) is 3.33. The number of aromatic amines is 1. The minimum absolute atomic E-state index is 0.110. The molecule has 0 radical (unpaired) electrons. The van der Waals surface area contributed by atoms with Crippen molar-refractivity contribution in [3.05, 3.63) is 59.9 Å². The highest BCUT2D eigenvalue weighted by molar-refractivity contribution is 6.13. The van der Waals surface area contributed by atoms with E-state index in [9.17, 15) is 18.4 Å². The minimum Gasteiger partial charge on any atom is -0.325 e. The van der Waals surface area contributed by atoms with Gasteiger partial charge in [0.25, 0.3) is 0 Å². The summed E-state index contributed by atoms with van der Waals surface area (Å²) in [7, 11) is 0. The number of nitrogens with one attached hydrogen (secondary N) is 2. The number of aromatic nitrogens is 3. The Morgan fingerprint density at radius 3 is 2.45 bits per heavy atom. The van der Waals surface area contributed by atoms with Crippen LogP contribution in [0, 0.1) is 17.6 Å². The largest absolute Gasteiger partial charge is 0.325 e. The zero-order valence-electron chi connectivity index (χ0n) is 16.4. The summed E-state index contributed by atoms with van der Waals surface area (Å²) in [5.41, 5.74) is 1.46. The van der Waals surface area contributed by atoms with Gasteiger partial charge in [0.15, 0.2) is 5.82 Å². The molecule has 0 spiro atoms. The Bertz CT molecular complexity index is 1140. The third-order valence-electron chi connectivity index (χ3n) is 5.56. The molecule has 2 heterocycles.